The zero-order chi connectivity index (χ0) is 20.0. The smallest absolute Gasteiger partial charge is 1.00 e. The van der Waals surface area contributed by atoms with Gasteiger partial charge >= 0.3 is 51.4 Å². The number of nitriles is 10. The largest absolute Gasteiger partial charge is 1.00 e. The van der Waals surface area contributed by atoms with E-state index in [1.165, 1.54) is 0 Å². The minimum absolute atomic E-state index is 0. The van der Waals surface area contributed by atoms with E-state index in [1.807, 2.05) is 0 Å². The summed E-state index contributed by atoms with van der Waals surface area (Å²) in [5, 5.41) is 65.0. The minimum atomic E-state index is 0. The molecule has 0 rings (SSSR count). The molecule has 0 bridgehead atoms. The van der Waals surface area contributed by atoms with Gasteiger partial charge in [0.15, 0.2) is 0 Å². The predicted octanol–water partition coefficient (Wildman–Crippen LogP) is -1.49. The second kappa shape index (κ2) is 333. The van der Waals surface area contributed by atoms with Gasteiger partial charge in [0.1, 0.15) is 0 Å². The van der Waals surface area contributed by atoms with Gasteiger partial charge in [-0.25, -0.2) is 52.6 Å². The Morgan fingerprint density at radius 2 is 0.238 bits per heavy atom. The first-order chi connectivity index (χ1) is 10.0. The van der Waals surface area contributed by atoms with Gasteiger partial charge < -0.3 is 1.43 Å². The van der Waals surface area contributed by atoms with Crippen LogP contribution in [-0.4, -0.2) is 0 Å². The van der Waals surface area contributed by atoms with Crippen LogP contribution in [0.15, 0.2) is 0 Å². The molecular weight excluding hydrogens is 299 g/mol. The first-order valence-corrected chi connectivity index (χ1v) is 2.58. The Morgan fingerprint density at radius 3 is 0.238 bits per heavy atom. The number of hydrogen-bond donors (Lipinski definition) is 0. The second-order valence-electron chi connectivity index (χ2n) is 0. The van der Waals surface area contributed by atoms with Gasteiger partial charge in [-0.15, -0.1) is 0 Å². The van der Waals surface area contributed by atoms with Crippen LogP contribution in [0.5, 0.6) is 0 Å². The molecular formula is C10H11KN10. The van der Waals surface area contributed by atoms with E-state index in [4.69, 9.17) is 52.6 Å². The Labute approximate surface area is 169 Å². The topological polar surface area (TPSA) is 238 Å². The minimum Gasteiger partial charge on any atom is -1.00 e. The van der Waals surface area contributed by atoms with E-state index in [0.717, 1.165) is 0 Å². The molecule has 0 fully saturated rings. The maximum atomic E-state index is 6.50. The quantitative estimate of drug-likeness (QED) is 0.469. The molecule has 0 amide bonds. The van der Waals surface area contributed by atoms with Gasteiger partial charge in [0, 0.05) is 65.7 Å². The molecule has 0 heterocycles. The van der Waals surface area contributed by atoms with E-state index in [0.29, 0.717) is 0 Å². The summed E-state index contributed by atoms with van der Waals surface area (Å²) in [7, 11) is 0. The van der Waals surface area contributed by atoms with Crippen molar-refractivity contribution in [2.75, 3.05) is 0 Å². The number of nitrogens with zero attached hydrogens (tertiary/aromatic N) is 10. The summed E-state index contributed by atoms with van der Waals surface area (Å²) in [6, 6.07) is 0. The van der Waals surface area contributed by atoms with Gasteiger partial charge in [-0.05, 0) is 0 Å². The average Bonchev–Trinajstić information content (AvgIpc) is 2.71. The third kappa shape index (κ3) is 291. The molecule has 0 atom stereocenters. The van der Waals surface area contributed by atoms with Crippen molar-refractivity contribution < 1.29 is 52.8 Å². The van der Waals surface area contributed by atoms with Crippen LogP contribution in [0.25, 0.3) is 0 Å². The summed E-state index contributed by atoms with van der Waals surface area (Å²) in [6.07, 6.45) is 0. The Kier molecular flexibility index (Phi) is 1780. The van der Waals surface area contributed by atoms with Crippen LogP contribution in [-0.2, 0) is 0 Å². The van der Waals surface area contributed by atoms with Crippen LogP contribution in [0, 0.1) is 118 Å². The van der Waals surface area contributed by atoms with E-state index in [2.05, 4.69) is 65.7 Å². The maximum absolute atomic E-state index is 6.50. The zero-order valence-electron chi connectivity index (χ0n) is 12.2. The maximum Gasteiger partial charge on any atom is 1.00 e. The van der Waals surface area contributed by atoms with Crippen molar-refractivity contribution >= 4 is 0 Å². The molecule has 0 saturated heterocycles. The second-order valence-corrected chi connectivity index (χ2v) is 0. The van der Waals surface area contributed by atoms with Crippen molar-refractivity contribution in [2.24, 2.45) is 0 Å². The Balaban J connectivity index is -0.00000000500. The normalized spacial score (nSPS) is 0.952. The molecule has 10 nitrogen and oxygen atoms in total. The fourth-order valence-electron chi connectivity index (χ4n) is 0. The number of hydrogen-bond acceptors (Lipinski definition) is 10. The van der Waals surface area contributed by atoms with Crippen LogP contribution >= 0.6 is 0 Å². The Bertz CT molecular complexity index is 179. The van der Waals surface area contributed by atoms with E-state index in [9.17, 15) is 0 Å². The van der Waals surface area contributed by atoms with E-state index >= 15 is 0 Å². The van der Waals surface area contributed by atoms with E-state index in [-0.39, 0.29) is 52.8 Å². The molecule has 0 aliphatic carbocycles. The van der Waals surface area contributed by atoms with Crippen LogP contribution in [0.1, 0.15) is 1.43 Å². The van der Waals surface area contributed by atoms with E-state index in [1.54, 1.807) is 0 Å². The van der Waals surface area contributed by atoms with Crippen LogP contribution in [0.2, 0.25) is 0 Å². The summed E-state index contributed by atoms with van der Waals surface area (Å²) in [5.74, 6) is 0. The molecule has 0 aromatic heterocycles. The number of rotatable bonds is 0. The standard InChI is InChI=1S/10CHN.K.H/c10*1-2;;/h10*1H;;/q;;;;;;;;;;+1;-1. The van der Waals surface area contributed by atoms with Gasteiger partial charge in [-0.1, -0.05) is 0 Å². The SMILES string of the molecule is C#N.C#N.C#N.C#N.C#N.C#N.C#N.C#N.C#N.C#N.[H-].[K+]. The van der Waals surface area contributed by atoms with Crippen molar-refractivity contribution in [3.63, 3.8) is 0 Å². The molecule has 11 heteroatoms. The molecule has 0 N–H and O–H groups in total. The molecule has 0 aliphatic heterocycles. The summed E-state index contributed by atoms with van der Waals surface area (Å²) in [6.45, 7) is 35.0. The third-order valence-electron chi connectivity index (χ3n) is 0. The molecule has 0 aromatic carbocycles. The Morgan fingerprint density at radius 1 is 0.238 bits per heavy atom. The summed E-state index contributed by atoms with van der Waals surface area (Å²) < 4.78 is 0. The molecule has 0 spiro atoms. The monoisotopic (exact) mass is 310 g/mol. The summed E-state index contributed by atoms with van der Waals surface area (Å²) in [4.78, 5) is 0. The van der Waals surface area contributed by atoms with Crippen molar-refractivity contribution in [3.05, 3.63) is 0 Å². The molecule has 0 aromatic rings. The van der Waals surface area contributed by atoms with Gasteiger partial charge in [-0.2, -0.15) is 0 Å². The van der Waals surface area contributed by atoms with Crippen molar-refractivity contribution in [1.82, 2.24) is 0 Å². The fraction of sp³-hybridized carbons (Fsp3) is 0. The first-order valence-electron chi connectivity index (χ1n) is 2.58. The molecule has 0 unspecified atom stereocenters. The molecule has 0 radical (unpaired) electrons. The molecule has 102 valence electrons. The summed E-state index contributed by atoms with van der Waals surface area (Å²) >= 11 is 0. The van der Waals surface area contributed by atoms with Gasteiger partial charge in [-0.3, -0.25) is 0 Å². The molecule has 0 aliphatic rings. The first kappa shape index (κ1) is 112. The predicted molar refractivity (Wildman–Crippen MR) is 67.8 cm³/mol. The van der Waals surface area contributed by atoms with Gasteiger partial charge in [0.25, 0.3) is 0 Å². The average molecular weight is 310 g/mol. The fourth-order valence-corrected chi connectivity index (χ4v) is 0. The van der Waals surface area contributed by atoms with Crippen molar-refractivity contribution in [2.45, 2.75) is 0 Å². The third-order valence-corrected chi connectivity index (χ3v) is 0. The van der Waals surface area contributed by atoms with Gasteiger partial charge in [0.2, 0.25) is 0 Å². The molecule has 21 heavy (non-hydrogen) atoms. The van der Waals surface area contributed by atoms with Gasteiger partial charge in [0.05, 0.1) is 0 Å². The van der Waals surface area contributed by atoms with Crippen LogP contribution < -0.4 is 51.4 Å². The Hall–Kier alpha value is -3.46. The van der Waals surface area contributed by atoms with Crippen LogP contribution in [0.3, 0.4) is 0 Å². The zero-order valence-corrected chi connectivity index (χ0v) is 14.4. The van der Waals surface area contributed by atoms with Crippen molar-refractivity contribution in [3.8, 4) is 65.7 Å². The summed E-state index contributed by atoms with van der Waals surface area (Å²) in [5.41, 5.74) is 0. The molecule has 0 saturated carbocycles. The van der Waals surface area contributed by atoms with E-state index < -0.39 is 0 Å². The van der Waals surface area contributed by atoms with Crippen molar-refractivity contribution in [1.29, 1.82) is 52.6 Å². The van der Waals surface area contributed by atoms with Crippen LogP contribution in [0.4, 0.5) is 0 Å².